The van der Waals surface area contributed by atoms with Gasteiger partial charge in [0.15, 0.2) is 0 Å². The SMILES string of the molecule is C=CCN(CCO)CC(C)C(N)c1ccccc1. The monoisotopic (exact) mass is 248 g/mol. The Labute approximate surface area is 110 Å². The number of nitrogens with two attached hydrogens (primary N) is 1. The summed E-state index contributed by atoms with van der Waals surface area (Å²) in [5.74, 6) is 0.332. The van der Waals surface area contributed by atoms with E-state index in [4.69, 9.17) is 10.8 Å². The third-order valence-electron chi connectivity index (χ3n) is 3.15. The Morgan fingerprint density at radius 1 is 1.39 bits per heavy atom. The van der Waals surface area contributed by atoms with Gasteiger partial charge in [0.2, 0.25) is 0 Å². The van der Waals surface area contributed by atoms with Gasteiger partial charge in [0, 0.05) is 25.7 Å². The molecule has 0 aliphatic rings. The summed E-state index contributed by atoms with van der Waals surface area (Å²) >= 11 is 0. The second-order valence-electron chi connectivity index (χ2n) is 4.69. The zero-order valence-electron chi connectivity index (χ0n) is 11.1. The molecule has 18 heavy (non-hydrogen) atoms. The Morgan fingerprint density at radius 2 is 2.06 bits per heavy atom. The number of rotatable bonds is 8. The van der Waals surface area contributed by atoms with Crippen LogP contribution in [0.3, 0.4) is 0 Å². The topological polar surface area (TPSA) is 49.5 Å². The zero-order valence-corrected chi connectivity index (χ0v) is 11.1. The van der Waals surface area contributed by atoms with E-state index in [1.54, 1.807) is 0 Å². The van der Waals surface area contributed by atoms with Crippen LogP contribution in [0.25, 0.3) is 0 Å². The van der Waals surface area contributed by atoms with E-state index in [0.29, 0.717) is 12.5 Å². The van der Waals surface area contributed by atoms with Crippen LogP contribution >= 0.6 is 0 Å². The summed E-state index contributed by atoms with van der Waals surface area (Å²) in [4.78, 5) is 2.17. The number of benzene rings is 1. The Balaban J connectivity index is 2.57. The van der Waals surface area contributed by atoms with Gasteiger partial charge in [-0.1, -0.05) is 43.3 Å². The van der Waals surface area contributed by atoms with Crippen molar-refractivity contribution in [2.45, 2.75) is 13.0 Å². The van der Waals surface area contributed by atoms with Crippen LogP contribution < -0.4 is 5.73 Å². The smallest absolute Gasteiger partial charge is 0.0558 e. The fraction of sp³-hybridized carbons (Fsp3) is 0.467. The van der Waals surface area contributed by atoms with Crippen LogP contribution in [0, 0.1) is 5.92 Å². The maximum Gasteiger partial charge on any atom is 0.0558 e. The Hall–Kier alpha value is -1.16. The number of hydrogen-bond donors (Lipinski definition) is 2. The molecule has 0 amide bonds. The molecular weight excluding hydrogens is 224 g/mol. The molecular formula is C15H24N2O. The van der Waals surface area contributed by atoms with Crippen molar-refractivity contribution in [1.29, 1.82) is 0 Å². The van der Waals surface area contributed by atoms with E-state index in [2.05, 4.69) is 30.5 Å². The molecule has 0 heterocycles. The summed E-state index contributed by atoms with van der Waals surface area (Å²) in [6.45, 7) is 8.36. The Bertz CT molecular complexity index is 340. The largest absolute Gasteiger partial charge is 0.395 e. The summed E-state index contributed by atoms with van der Waals surface area (Å²) in [5.41, 5.74) is 7.42. The van der Waals surface area contributed by atoms with E-state index < -0.39 is 0 Å². The number of hydrogen-bond acceptors (Lipinski definition) is 3. The van der Waals surface area contributed by atoms with Crippen molar-refractivity contribution in [2.75, 3.05) is 26.2 Å². The van der Waals surface area contributed by atoms with Crippen LogP contribution in [0.5, 0.6) is 0 Å². The van der Waals surface area contributed by atoms with Crippen molar-refractivity contribution in [2.24, 2.45) is 11.7 Å². The van der Waals surface area contributed by atoms with Crippen molar-refractivity contribution < 1.29 is 5.11 Å². The van der Waals surface area contributed by atoms with Gasteiger partial charge >= 0.3 is 0 Å². The van der Waals surface area contributed by atoms with E-state index in [-0.39, 0.29) is 12.6 Å². The minimum Gasteiger partial charge on any atom is -0.395 e. The summed E-state index contributed by atoms with van der Waals surface area (Å²) < 4.78 is 0. The number of aliphatic hydroxyl groups is 1. The van der Waals surface area contributed by atoms with Crippen LogP contribution in [0.4, 0.5) is 0 Å². The van der Waals surface area contributed by atoms with Crippen molar-refractivity contribution in [3.63, 3.8) is 0 Å². The van der Waals surface area contributed by atoms with Gasteiger partial charge in [0.05, 0.1) is 6.61 Å². The zero-order chi connectivity index (χ0) is 13.4. The first-order valence-electron chi connectivity index (χ1n) is 6.43. The molecule has 3 N–H and O–H groups in total. The number of aliphatic hydroxyl groups excluding tert-OH is 1. The lowest BCUT2D eigenvalue weighted by molar-refractivity contribution is 0.184. The molecule has 0 bridgehead atoms. The molecule has 3 nitrogen and oxygen atoms in total. The van der Waals surface area contributed by atoms with Crippen LogP contribution in [-0.2, 0) is 0 Å². The Kier molecular flexibility index (Phi) is 6.65. The van der Waals surface area contributed by atoms with Gasteiger partial charge in [-0.15, -0.1) is 6.58 Å². The summed E-state index contributed by atoms with van der Waals surface area (Å²) in [5, 5.41) is 9.02. The lowest BCUT2D eigenvalue weighted by Gasteiger charge is -2.27. The van der Waals surface area contributed by atoms with Gasteiger partial charge < -0.3 is 10.8 Å². The molecule has 0 aromatic heterocycles. The van der Waals surface area contributed by atoms with Crippen LogP contribution in [0.1, 0.15) is 18.5 Å². The van der Waals surface area contributed by atoms with Gasteiger partial charge in [0.25, 0.3) is 0 Å². The highest BCUT2D eigenvalue weighted by Gasteiger charge is 2.17. The fourth-order valence-corrected chi connectivity index (χ4v) is 2.11. The maximum absolute atomic E-state index is 9.02. The molecule has 0 fully saturated rings. The molecule has 1 aromatic carbocycles. The van der Waals surface area contributed by atoms with E-state index in [0.717, 1.165) is 18.7 Å². The lowest BCUT2D eigenvalue weighted by Crippen LogP contribution is -2.35. The van der Waals surface area contributed by atoms with Gasteiger partial charge in [0.1, 0.15) is 0 Å². The first kappa shape index (κ1) is 14.9. The van der Waals surface area contributed by atoms with E-state index >= 15 is 0 Å². The predicted molar refractivity (Wildman–Crippen MR) is 76.3 cm³/mol. The molecule has 0 spiro atoms. The molecule has 2 unspecified atom stereocenters. The van der Waals surface area contributed by atoms with Crippen LogP contribution in [-0.4, -0.2) is 36.2 Å². The quantitative estimate of drug-likeness (QED) is 0.690. The van der Waals surface area contributed by atoms with Crippen molar-refractivity contribution in [1.82, 2.24) is 4.90 Å². The molecule has 0 radical (unpaired) electrons. The van der Waals surface area contributed by atoms with Gasteiger partial charge in [-0.05, 0) is 11.5 Å². The highest BCUT2D eigenvalue weighted by molar-refractivity contribution is 5.19. The van der Waals surface area contributed by atoms with Crippen molar-refractivity contribution in [3.05, 3.63) is 48.6 Å². The average Bonchev–Trinajstić information content (AvgIpc) is 2.39. The maximum atomic E-state index is 9.02. The van der Waals surface area contributed by atoms with Crippen LogP contribution in [0.2, 0.25) is 0 Å². The molecule has 2 atom stereocenters. The number of nitrogens with zero attached hydrogens (tertiary/aromatic N) is 1. The van der Waals surface area contributed by atoms with E-state index in [1.807, 2.05) is 24.3 Å². The molecule has 0 saturated carbocycles. The molecule has 3 heteroatoms. The van der Waals surface area contributed by atoms with Crippen molar-refractivity contribution >= 4 is 0 Å². The summed E-state index contributed by atoms with van der Waals surface area (Å²) in [7, 11) is 0. The molecule has 1 aromatic rings. The van der Waals surface area contributed by atoms with E-state index in [9.17, 15) is 0 Å². The third kappa shape index (κ3) is 4.61. The first-order chi connectivity index (χ1) is 8.69. The third-order valence-corrected chi connectivity index (χ3v) is 3.15. The highest BCUT2D eigenvalue weighted by atomic mass is 16.3. The second-order valence-corrected chi connectivity index (χ2v) is 4.69. The highest BCUT2D eigenvalue weighted by Crippen LogP contribution is 2.19. The van der Waals surface area contributed by atoms with Gasteiger partial charge in [-0.3, -0.25) is 4.90 Å². The summed E-state index contributed by atoms with van der Waals surface area (Å²) in [6.07, 6.45) is 1.86. The minimum absolute atomic E-state index is 0.0252. The normalized spacial score (nSPS) is 14.4. The predicted octanol–water partition coefficient (Wildman–Crippen LogP) is 1.80. The van der Waals surface area contributed by atoms with E-state index in [1.165, 1.54) is 0 Å². The second kappa shape index (κ2) is 8.03. The Morgan fingerprint density at radius 3 is 2.61 bits per heavy atom. The molecule has 0 aliphatic heterocycles. The minimum atomic E-state index is 0.0252. The van der Waals surface area contributed by atoms with Gasteiger partial charge in [-0.2, -0.15) is 0 Å². The molecule has 0 aliphatic carbocycles. The van der Waals surface area contributed by atoms with Crippen molar-refractivity contribution in [3.8, 4) is 0 Å². The summed E-state index contributed by atoms with van der Waals surface area (Å²) in [6, 6.07) is 10.2. The molecule has 100 valence electrons. The lowest BCUT2D eigenvalue weighted by atomic mass is 9.95. The van der Waals surface area contributed by atoms with Gasteiger partial charge in [-0.25, -0.2) is 0 Å². The fourth-order valence-electron chi connectivity index (χ4n) is 2.11. The average molecular weight is 248 g/mol. The van der Waals surface area contributed by atoms with Crippen LogP contribution in [0.15, 0.2) is 43.0 Å². The standard InChI is InChI=1S/C15H24N2O/c1-3-9-17(10-11-18)12-13(2)15(16)14-7-5-4-6-8-14/h3-8,13,15,18H,1,9-12,16H2,2H3. The molecule has 1 rings (SSSR count). The first-order valence-corrected chi connectivity index (χ1v) is 6.43. The molecule has 0 saturated heterocycles.